The van der Waals surface area contributed by atoms with Gasteiger partial charge in [0.25, 0.3) is 0 Å². The Labute approximate surface area is 199 Å². The number of benzene rings is 2. The number of nitrogens with zero attached hydrogens (tertiary/aromatic N) is 3. The molecule has 0 bridgehead atoms. The number of nitrogens with two attached hydrogens (primary N) is 1. The molecule has 33 heavy (non-hydrogen) atoms. The summed E-state index contributed by atoms with van der Waals surface area (Å²) in [6, 6.07) is 21.0. The maximum atomic E-state index is 6.09. The Hall–Kier alpha value is -2.78. The summed E-state index contributed by atoms with van der Waals surface area (Å²) in [6.07, 6.45) is 0.875. The van der Waals surface area contributed by atoms with Gasteiger partial charge in [-0.2, -0.15) is 15.0 Å². The first-order chi connectivity index (χ1) is 16.3. The van der Waals surface area contributed by atoms with Gasteiger partial charge in [0.15, 0.2) is 0 Å². The van der Waals surface area contributed by atoms with Crippen molar-refractivity contribution >= 4 is 23.5 Å². The second kappa shape index (κ2) is 14.4. The van der Waals surface area contributed by atoms with Crippen LogP contribution in [0.25, 0.3) is 0 Å². The molecule has 4 N–H and O–H groups in total. The van der Waals surface area contributed by atoms with E-state index < -0.39 is 0 Å². The highest BCUT2D eigenvalue weighted by atomic mass is 35.5. The Bertz CT molecular complexity index is 893. The summed E-state index contributed by atoms with van der Waals surface area (Å²) in [5.74, 6) is 1.11. The Balaban J connectivity index is 1.49. The number of hydrogen-bond donors (Lipinski definition) is 3. The second-order valence-electron chi connectivity index (χ2n) is 7.28. The van der Waals surface area contributed by atoms with E-state index in [2.05, 4.69) is 74.1 Å². The number of halogens is 1. The predicted molar refractivity (Wildman–Crippen MR) is 132 cm³/mol. The molecule has 0 radical (unpaired) electrons. The third-order valence-corrected chi connectivity index (χ3v) is 5.06. The van der Waals surface area contributed by atoms with Crippen LogP contribution in [0.2, 0.25) is 5.28 Å². The molecule has 0 unspecified atom stereocenters. The topological polar surface area (TPSA) is 107 Å². The van der Waals surface area contributed by atoms with Crippen molar-refractivity contribution in [1.29, 1.82) is 0 Å². The maximum Gasteiger partial charge on any atom is 0.228 e. The van der Waals surface area contributed by atoms with E-state index in [0.29, 0.717) is 58.0 Å². The standard InChI is InChI=1S/C24H31ClN6O2/c25-22-29-23(31-24(30-22)28-14-16-33-18-17-32-15-12-26)27-13-11-21(19-7-3-1-4-8-19)20-9-5-2-6-10-20/h1-10,21H,11-18,26H2,(H2,27,28,29,30,31). The average Bonchev–Trinajstić information content (AvgIpc) is 2.84. The third-order valence-electron chi connectivity index (χ3n) is 4.89. The molecule has 1 heterocycles. The van der Waals surface area contributed by atoms with Gasteiger partial charge in [-0.25, -0.2) is 0 Å². The lowest BCUT2D eigenvalue weighted by atomic mass is 9.88. The molecule has 2 aromatic carbocycles. The molecular weight excluding hydrogens is 440 g/mol. The predicted octanol–water partition coefficient (Wildman–Crippen LogP) is 3.56. The van der Waals surface area contributed by atoms with Crippen LogP contribution in [0.3, 0.4) is 0 Å². The zero-order chi connectivity index (χ0) is 23.1. The largest absolute Gasteiger partial charge is 0.378 e. The molecule has 1 aromatic heterocycles. The number of nitrogens with one attached hydrogen (secondary N) is 2. The maximum absolute atomic E-state index is 6.09. The molecule has 176 valence electrons. The molecule has 0 atom stereocenters. The van der Waals surface area contributed by atoms with Gasteiger partial charge in [-0.1, -0.05) is 60.7 Å². The van der Waals surface area contributed by atoms with Gasteiger partial charge in [0.05, 0.1) is 26.4 Å². The first-order valence-corrected chi connectivity index (χ1v) is 11.5. The molecule has 3 rings (SSSR count). The van der Waals surface area contributed by atoms with Crippen molar-refractivity contribution < 1.29 is 9.47 Å². The molecule has 8 nitrogen and oxygen atoms in total. The zero-order valence-electron chi connectivity index (χ0n) is 18.6. The highest BCUT2D eigenvalue weighted by molar-refractivity contribution is 6.28. The molecule has 0 amide bonds. The van der Waals surface area contributed by atoms with Gasteiger partial charge in [0, 0.05) is 25.6 Å². The van der Waals surface area contributed by atoms with Crippen LogP contribution in [0.15, 0.2) is 60.7 Å². The number of anilines is 2. The molecule has 0 aliphatic carbocycles. The Morgan fingerprint density at radius 1 is 0.727 bits per heavy atom. The zero-order valence-corrected chi connectivity index (χ0v) is 19.4. The SMILES string of the molecule is NCCOCCOCCNc1nc(Cl)nc(NCCC(c2ccccc2)c2ccccc2)n1. The van der Waals surface area contributed by atoms with Crippen LogP contribution in [0.1, 0.15) is 23.5 Å². The molecule has 0 saturated carbocycles. The van der Waals surface area contributed by atoms with Gasteiger partial charge >= 0.3 is 0 Å². The van der Waals surface area contributed by atoms with Gasteiger partial charge in [-0.3, -0.25) is 0 Å². The van der Waals surface area contributed by atoms with Crippen molar-refractivity contribution in [3.63, 3.8) is 0 Å². The summed E-state index contributed by atoms with van der Waals surface area (Å²) in [5, 5.41) is 6.52. The molecule has 0 fully saturated rings. The fraction of sp³-hybridized carbons (Fsp3) is 0.375. The van der Waals surface area contributed by atoms with Gasteiger partial charge in [-0.05, 0) is 29.1 Å². The molecular formula is C24H31ClN6O2. The van der Waals surface area contributed by atoms with E-state index >= 15 is 0 Å². The smallest absolute Gasteiger partial charge is 0.228 e. The van der Waals surface area contributed by atoms with Crippen molar-refractivity contribution in [2.45, 2.75) is 12.3 Å². The summed E-state index contributed by atoms with van der Waals surface area (Å²) < 4.78 is 10.8. The van der Waals surface area contributed by atoms with E-state index in [9.17, 15) is 0 Å². The summed E-state index contributed by atoms with van der Waals surface area (Å²) in [6.45, 7) is 3.80. The van der Waals surface area contributed by atoms with E-state index in [4.69, 9.17) is 26.8 Å². The minimum Gasteiger partial charge on any atom is -0.378 e. The van der Waals surface area contributed by atoms with Crippen LogP contribution in [0, 0.1) is 0 Å². The number of aromatic nitrogens is 3. The minimum atomic E-state index is 0.133. The fourth-order valence-corrected chi connectivity index (χ4v) is 3.53. The number of rotatable bonds is 15. The summed E-state index contributed by atoms with van der Waals surface area (Å²) in [7, 11) is 0. The van der Waals surface area contributed by atoms with E-state index in [1.807, 2.05) is 12.1 Å². The van der Waals surface area contributed by atoms with Crippen LogP contribution < -0.4 is 16.4 Å². The summed E-state index contributed by atoms with van der Waals surface area (Å²) in [5.41, 5.74) is 7.91. The van der Waals surface area contributed by atoms with Crippen molar-refractivity contribution in [2.75, 3.05) is 56.7 Å². The molecule has 0 saturated heterocycles. The monoisotopic (exact) mass is 470 g/mol. The van der Waals surface area contributed by atoms with Crippen molar-refractivity contribution in [3.05, 3.63) is 77.1 Å². The van der Waals surface area contributed by atoms with Crippen LogP contribution in [0.4, 0.5) is 11.9 Å². The van der Waals surface area contributed by atoms with Crippen molar-refractivity contribution in [3.8, 4) is 0 Å². The van der Waals surface area contributed by atoms with Gasteiger partial charge in [-0.15, -0.1) is 0 Å². The normalized spacial score (nSPS) is 11.0. The van der Waals surface area contributed by atoms with Crippen LogP contribution >= 0.6 is 11.6 Å². The molecule has 0 aliphatic heterocycles. The first kappa shape index (κ1) is 24.9. The number of hydrogen-bond acceptors (Lipinski definition) is 8. The first-order valence-electron chi connectivity index (χ1n) is 11.1. The highest BCUT2D eigenvalue weighted by Gasteiger charge is 2.14. The van der Waals surface area contributed by atoms with Gasteiger partial charge in [0.1, 0.15) is 0 Å². The Morgan fingerprint density at radius 2 is 1.27 bits per heavy atom. The second-order valence-corrected chi connectivity index (χ2v) is 7.62. The van der Waals surface area contributed by atoms with Crippen molar-refractivity contribution in [2.24, 2.45) is 5.73 Å². The van der Waals surface area contributed by atoms with Crippen LogP contribution in [-0.4, -0.2) is 61.0 Å². The van der Waals surface area contributed by atoms with Gasteiger partial charge < -0.3 is 25.8 Å². The highest BCUT2D eigenvalue weighted by Crippen LogP contribution is 2.27. The van der Waals surface area contributed by atoms with Crippen LogP contribution in [0.5, 0.6) is 0 Å². The molecule has 3 aromatic rings. The van der Waals surface area contributed by atoms with E-state index in [1.54, 1.807) is 0 Å². The van der Waals surface area contributed by atoms with Crippen LogP contribution in [-0.2, 0) is 9.47 Å². The molecule has 0 spiro atoms. The lowest BCUT2D eigenvalue weighted by Crippen LogP contribution is -2.17. The third kappa shape index (κ3) is 8.94. The van der Waals surface area contributed by atoms with E-state index in [1.165, 1.54) is 11.1 Å². The fourth-order valence-electron chi connectivity index (χ4n) is 3.37. The lowest BCUT2D eigenvalue weighted by molar-refractivity contribution is 0.0547. The summed E-state index contributed by atoms with van der Waals surface area (Å²) >= 11 is 6.09. The van der Waals surface area contributed by atoms with E-state index in [0.717, 1.165) is 6.42 Å². The summed E-state index contributed by atoms with van der Waals surface area (Å²) in [4.78, 5) is 12.7. The average molecular weight is 471 g/mol. The lowest BCUT2D eigenvalue weighted by Gasteiger charge is -2.18. The van der Waals surface area contributed by atoms with Crippen molar-refractivity contribution in [1.82, 2.24) is 15.0 Å². The van der Waals surface area contributed by atoms with E-state index in [-0.39, 0.29) is 11.2 Å². The molecule has 0 aliphatic rings. The number of ether oxygens (including phenoxy) is 2. The van der Waals surface area contributed by atoms with Gasteiger partial charge in [0.2, 0.25) is 17.2 Å². The minimum absolute atomic E-state index is 0.133. The molecule has 9 heteroatoms. The Kier molecular flexibility index (Phi) is 10.8. The quantitative estimate of drug-likeness (QED) is 0.289. The Morgan fingerprint density at radius 3 is 1.85 bits per heavy atom.